The minimum Gasteiger partial charge on any atom is -0.497 e. The molecule has 0 bridgehead atoms. The lowest BCUT2D eigenvalue weighted by Crippen LogP contribution is -2.21. The van der Waals surface area contributed by atoms with Gasteiger partial charge in [0, 0.05) is 10.6 Å². The molecule has 146 valence electrons. The van der Waals surface area contributed by atoms with Crippen LogP contribution in [0.2, 0.25) is 5.02 Å². The fourth-order valence-corrected chi connectivity index (χ4v) is 3.51. The molecule has 1 atom stereocenters. The first-order valence-corrected chi connectivity index (χ1v) is 9.50. The molecular formula is C21H17ClN4O3. The van der Waals surface area contributed by atoms with Gasteiger partial charge in [-0.2, -0.15) is 10.1 Å². The standard InChI is InChI=1S/C21H17ClN4O3/c1-27-17-7-5-13(6-8-17)19-11-26-16(12-28-19)10-18(24-26)21-23-20(25-29-21)14-3-2-4-15(22)9-14/h2-10,19H,11-12H2,1H3/t19-/m0/s1. The number of hydrogen-bond donors (Lipinski definition) is 0. The molecule has 0 aliphatic carbocycles. The van der Waals surface area contributed by atoms with Crippen LogP contribution in [0, 0.1) is 0 Å². The summed E-state index contributed by atoms with van der Waals surface area (Å²) in [6.07, 6.45) is -0.0779. The van der Waals surface area contributed by atoms with Gasteiger partial charge in [-0.15, -0.1) is 0 Å². The predicted molar refractivity (Wildman–Crippen MR) is 106 cm³/mol. The summed E-state index contributed by atoms with van der Waals surface area (Å²) < 4.78 is 18.6. The van der Waals surface area contributed by atoms with Gasteiger partial charge in [0.2, 0.25) is 5.82 Å². The zero-order chi connectivity index (χ0) is 19.8. The Labute approximate surface area is 171 Å². The van der Waals surface area contributed by atoms with Crippen molar-refractivity contribution in [2.24, 2.45) is 0 Å². The number of methoxy groups -OCH3 is 1. The zero-order valence-corrected chi connectivity index (χ0v) is 16.3. The highest BCUT2D eigenvalue weighted by molar-refractivity contribution is 6.30. The van der Waals surface area contributed by atoms with E-state index >= 15 is 0 Å². The summed E-state index contributed by atoms with van der Waals surface area (Å²) in [6, 6.07) is 17.1. The molecule has 0 saturated heterocycles. The molecule has 0 spiro atoms. The average Bonchev–Trinajstić information content (AvgIpc) is 3.40. The summed E-state index contributed by atoms with van der Waals surface area (Å²) in [5.74, 6) is 1.65. The highest BCUT2D eigenvalue weighted by Gasteiger charge is 2.24. The van der Waals surface area contributed by atoms with Gasteiger partial charge < -0.3 is 14.0 Å². The van der Waals surface area contributed by atoms with Crippen LogP contribution in [0.5, 0.6) is 5.75 Å². The number of halogens is 1. The first-order valence-electron chi connectivity index (χ1n) is 9.12. The Balaban J connectivity index is 1.38. The quantitative estimate of drug-likeness (QED) is 0.493. The topological polar surface area (TPSA) is 75.2 Å². The van der Waals surface area contributed by atoms with Gasteiger partial charge in [-0.1, -0.05) is 41.0 Å². The second-order valence-electron chi connectivity index (χ2n) is 6.71. The largest absolute Gasteiger partial charge is 0.497 e. The molecule has 5 rings (SSSR count). The first-order chi connectivity index (χ1) is 14.2. The maximum Gasteiger partial charge on any atom is 0.278 e. The number of benzene rings is 2. The lowest BCUT2D eigenvalue weighted by Gasteiger charge is -2.24. The van der Waals surface area contributed by atoms with E-state index in [1.165, 1.54) is 0 Å². The van der Waals surface area contributed by atoms with Gasteiger partial charge in [-0.3, -0.25) is 4.68 Å². The van der Waals surface area contributed by atoms with Crippen molar-refractivity contribution in [3.05, 3.63) is 70.9 Å². The third kappa shape index (κ3) is 3.50. The molecule has 7 nitrogen and oxygen atoms in total. The number of hydrogen-bond acceptors (Lipinski definition) is 6. The van der Waals surface area contributed by atoms with E-state index in [0.29, 0.717) is 35.6 Å². The van der Waals surface area contributed by atoms with Crippen molar-refractivity contribution in [2.45, 2.75) is 19.3 Å². The van der Waals surface area contributed by atoms with E-state index in [4.69, 9.17) is 25.6 Å². The van der Waals surface area contributed by atoms with Crippen LogP contribution in [0.25, 0.3) is 23.0 Å². The molecule has 1 aliphatic rings. The zero-order valence-electron chi connectivity index (χ0n) is 15.6. The molecule has 0 fully saturated rings. The molecule has 4 aromatic rings. The van der Waals surface area contributed by atoms with E-state index in [0.717, 1.165) is 22.6 Å². The van der Waals surface area contributed by atoms with Crippen LogP contribution in [0.4, 0.5) is 0 Å². The maximum absolute atomic E-state index is 6.05. The van der Waals surface area contributed by atoms with Gasteiger partial charge in [0.1, 0.15) is 11.9 Å². The summed E-state index contributed by atoms with van der Waals surface area (Å²) in [7, 11) is 1.65. The van der Waals surface area contributed by atoms with Crippen LogP contribution < -0.4 is 4.74 Å². The monoisotopic (exact) mass is 408 g/mol. The van der Waals surface area contributed by atoms with Gasteiger partial charge in [-0.05, 0) is 35.9 Å². The smallest absolute Gasteiger partial charge is 0.278 e. The highest BCUT2D eigenvalue weighted by Crippen LogP contribution is 2.30. The molecule has 0 saturated carbocycles. The van der Waals surface area contributed by atoms with Crippen LogP contribution in [-0.2, 0) is 17.9 Å². The van der Waals surface area contributed by atoms with Gasteiger partial charge in [0.15, 0.2) is 5.69 Å². The van der Waals surface area contributed by atoms with Crippen molar-refractivity contribution < 1.29 is 14.0 Å². The normalized spacial score (nSPS) is 15.9. The van der Waals surface area contributed by atoms with E-state index in [-0.39, 0.29) is 6.10 Å². The summed E-state index contributed by atoms with van der Waals surface area (Å²) in [5, 5.41) is 9.32. The number of fused-ring (bicyclic) bond motifs is 1. The van der Waals surface area contributed by atoms with Crippen LogP contribution in [-0.4, -0.2) is 27.0 Å². The SMILES string of the molecule is COc1ccc([C@@H]2Cn3nc(-c4nc(-c5cccc(Cl)c5)no4)cc3CO2)cc1. The number of aromatic nitrogens is 4. The lowest BCUT2D eigenvalue weighted by molar-refractivity contribution is -0.00115. The Hall–Kier alpha value is -3.16. The molecule has 3 heterocycles. The minimum atomic E-state index is -0.0779. The summed E-state index contributed by atoms with van der Waals surface area (Å²) in [5.41, 5.74) is 3.46. The summed E-state index contributed by atoms with van der Waals surface area (Å²) >= 11 is 6.05. The van der Waals surface area contributed by atoms with Crippen molar-refractivity contribution in [2.75, 3.05) is 7.11 Å². The molecule has 0 radical (unpaired) electrons. The van der Waals surface area contributed by atoms with Crippen LogP contribution >= 0.6 is 11.6 Å². The number of rotatable bonds is 4. The molecule has 29 heavy (non-hydrogen) atoms. The lowest BCUT2D eigenvalue weighted by atomic mass is 10.1. The van der Waals surface area contributed by atoms with Gasteiger partial charge in [0.25, 0.3) is 5.89 Å². The Bertz CT molecular complexity index is 1150. The predicted octanol–water partition coefficient (Wildman–Crippen LogP) is 4.53. The van der Waals surface area contributed by atoms with E-state index < -0.39 is 0 Å². The Kier molecular flexibility index (Phi) is 4.54. The number of nitrogens with zero attached hydrogens (tertiary/aromatic N) is 4. The second kappa shape index (κ2) is 7.35. The number of ether oxygens (including phenoxy) is 2. The van der Waals surface area contributed by atoms with Crippen molar-refractivity contribution in [3.8, 4) is 28.7 Å². The Morgan fingerprint density at radius 1 is 1.14 bits per heavy atom. The van der Waals surface area contributed by atoms with Crippen LogP contribution in [0.3, 0.4) is 0 Å². The molecule has 2 aromatic heterocycles. The fourth-order valence-electron chi connectivity index (χ4n) is 3.32. The van der Waals surface area contributed by atoms with Crippen molar-refractivity contribution >= 4 is 11.6 Å². The van der Waals surface area contributed by atoms with E-state index in [1.807, 2.05) is 47.1 Å². The Morgan fingerprint density at radius 3 is 2.79 bits per heavy atom. The molecule has 2 aromatic carbocycles. The Morgan fingerprint density at radius 2 is 2.00 bits per heavy atom. The summed E-state index contributed by atoms with van der Waals surface area (Å²) in [4.78, 5) is 4.46. The molecule has 1 aliphatic heterocycles. The van der Waals surface area contributed by atoms with Crippen LogP contribution in [0.1, 0.15) is 17.4 Å². The van der Waals surface area contributed by atoms with Crippen molar-refractivity contribution in [1.29, 1.82) is 0 Å². The van der Waals surface area contributed by atoms with Crippen LogP contribution in [0.15, 0.2) is 59.1 Å². The highest BCUT2D eigenvalue weighted by atomic mass is 35.5. The van der Waals surface area contributed by atoms with E-state index in [2.05, 4.69) is 15.2 Å². The third-order valence-electron chi connectivity index (χ3n) is 4.85. The molecule has 0 N–H and O–H groups in total. The van der Waals surface area contributed by atoms with E-state index in [9.17, 15) is 0 Å². The van der Waals surface area contributed by atoms with Crippen molar-refractivity contribution in [3.63, 3.8) is 0 Å². The van der Waals surface area contributed by atoms with Gasteiger partial charge in [-0.25, -0.2) is 0 Å². The average molecular weight is 409 g/mol. The minimum absolute atomic E-state index is 0.0779. The first kappa shape index (κ1) is 17.9. The van der Waals surface area contributed by atoms with Gasteiger partial charge >= 0.3 is 0 Å². The maximum atomic E-state index is 6.05. The third-order valence-corrected chi connectivity index (χ3v) is 5.09. The molecule has 0 amide bonds. The summed E-state index contributed by atoms with van der Waals surface area (Å²) in [6.45, 7) is 1.07. The molecular weight excluding hydrogens is 392 g/mol. The molecule has 0 unspecified atom stereocenters. The molecule has 8 heteroatoms. The van der Waals surface area contributed by atoms with Crippen molar-refractivity contribution in [1.82, 2.24) is 19.9 Å². The second-order valence-corrected chi connectivity index (χ2v) is 7.15. The van der Waals surface area contributed by atoms with Gasteiger partial charge in [0.05, 0.1) is 26.0 Å². The fraction of sp³-hybridized carbons (Fsp3) is 0.190. The van der Waals surface area contributed by atoms with E-state index in [1.54, 1.807) is 19.2 Å².